The second-order valence-electron chi connectivity index (χ2n) is 15.7. The first-order valence-corrected chi connectivity index (χ1v) is 20.5. The minimum Gasteiger partial charge on any atom is -0.495 e. The molecule has 6 rings (SSSR count). The van der Waals surface area contributed by atoms with Gasteiger partial charge in [-0.15, -0.1) is 0 Å². The maximum absolute atomic E-state index is 12.3. The van der Waals surface area contributed by atoms with E-state index in [1.165, 1.54) is 21.1 Å². The summed E-state index contributed by atoms with van der Waals surface area (Å²) in [5.41, 5.74) is 4.58. The minimum atomic E-state index is -1.65. The molecule has 14 nitrogen and oxygen atoms in total. The normalized spacial score (nSPS) is 22.6. The molecule has 2 fully saturated rings. The van der Waals surface area contributed by atoms with E-state index in [2.05, 4.69) is 22.8 Å². The molecular formula is C46H56ClN3O11. The molecule has 0 radical (unpaired) electrons. The fourth-order valence-electron chi connectivity index (χ4n) is 7.62. The third kappa shape index (κ3) is 11.7. The molecule has 3 aliphatic rings. The van der Waals surface area contributed by atoms with Crippen LogP contribution in [0.1, 0.15) is 69.1 Å². The number of aliphatic hydroxyl groups is 1. The van der Waals surface area contributed by atoms with Gasteiger partial charge in [0, 0.05) is 46.4 Å². The van der Waals surface area contributed by atoms with Crippen molar-refractivity contribution in [3.8, 4) is 16.9 Å². The Hall–Kier alpha value is -5.41. The first-order valence-electron chi connectivity index (χ1n) is 20.1. The third-order valence-corrected chi connectivity index (χ3v) is 11.7. The van der Waals surface area contributed by atoms with Gasteiger partial charge in [-0.3, -0.25) is 15.0 Å². The highest BCUT2D eigenvalue weighted by Gasteiger charge is 2.55. The van der Waals surface area contributed by atoms with Crippen molar-refractivity contribution in [2.75, 3.05) is 34.9 Å². The number of benzene rings is 3. The molecule has 3 aromatic rings. The van der Waals surface area contributed by atoms with Gasteiger partial charge < -0.3 is 39.2 Å². The molecule has 2 heterocycles. The van der Waals surface area contributed by atoms with Crippen molar-refractivity contribution in [3.63, 3.8) is 0 Å². The van der Waals surface area contributed by atoms with Crippen LogP contribution in [0, 0.1) is 0 Å². The van der Waals surface area contributed by atoms with Gasteiger partial charge in [0.05, 0.1) is 23.8 Å². The van der Waals surface area contributed by atoms with Crippen LogP contribution in [0.15, 0.2) is 90.5 Å². The quantitative estimate of drug-likeness (QED) is 0.0858. The Morgan fingerprint density at radius 2 is 1.74 bits per heavy atom. The summed E-state index contributed by atoms with van der Waals surface area (Å²) in [6.07, 6.45) is 4.70. The summed E-state index contributed by atoms with van der Waals surface area (Å²) in [4.78, 5) is 48.0. The number of methoxy groups -OCH3 is 2. The predicted molar refractivity (Wildman–Crippen MR) is 229 cm³/mol. The number of aliphatic carboxylic acids is 1. The number of likely N-dealkylation sites (N-methyl/N-ethyl adjacent to an activating group) is 1. The number of fused-ring (bicyclic) bond motifs is 3. The maximum atomic E-state index is 12.3. The molecule has 3 amide bonds. The zero-order chi connectivity index (χ0) is 44.5. The van der Waals surface area contributed by atoms with Gasteiger partial charge in [-0.1, -0.05) is 90.0 Å². The Morgan fingerprint density at radius 3 is 2.34 bits per heavy atom. The molecule has 2 unspecified atom stereocenters. The Labute approximate surface area is 361 Å². The van der Waals surface area contributed by atoms with Crippen LogP contribution in [0.3, 0.4) is 0 Å². The highest BCUT2D eigenvalue weighted by Crippen LogP contribution is 2.45. The van der Waals surface area contributed by atoms with Crippen molar-refractivity contribution in [2.45, 2.75) is 94.5 Å². The first kappa shape index (κ1) is 46.7. The second-order valence-corrected chi connectivity index (χ2v) is 16.1. The summed E-state index contributed by atoms with van der Waals surface area (Å²) in [5, 5.41) is 26.0. The van der Waals surface area contributed by atoms with Gasteiger partial charge in [0.2, 0.25) is 5.91 Å². The van der Waals surface area contributed by atoms with Crippen LogP contribution in [0.2, 0.25) is 5.02 Å². The lowest BCUT2D eigenvalue weighted by Crippen LogP contribution is -2.62. The van der Waals surface area contributed by atoms with Crippen LogP contribution < -0.4 is 15.4 Å². The van der Waals surface area contributed by atoms with E-state index in [-0.39, 0.29) is 31.0 Å². The number of nitrogens with zero attached hydrogens (tertiary/aromatic N) is 1. The number of amides is 3. The fraction of sp³-hybridized carbons (Fsp3) is 0.435. The molecule has 0 bridgehead atoms. The van der Waals surface area contributed by atoms with Crippen LogP contribution in [0.5, 0.6) is 5.75 Å². The molecule has 1 aliphatic carbocycles. The van der Waals surface area contributed by atoms with Crippen molar-refractivity contribution < 1.29 is 53.1 Å². The van der Waals surface area contributed by atoms with E-state index in [9.17, 15) is 24.3 Å². The first-order chi connectivity index (χ1) is 29.0. The lowest BCUT2D eigenvalue weighted by molar-refractivity contribution is -0.141. The number of ether oxygens (including phenoxy) is 5. The summed E-state index contributed by atoms with van der Waals surface area (Å²) in [6.45, 7) is 5.56. The zero-order valence-electron chi connectivity index (χ0n) is 35.6. The number of alkyl carbamates (subject to hydrolysis) is 1. The number of hydrogen-bond acceptors (Lipinski definition) is 10. The van der Waals surface area contributed by atoms with Gasteiger partial charge in [-0.25, -0.2) is 14.4 Å². The number of carboxylic acids is 1. The molecular weight excluding hydrogens is 806 g/mol. The molecule has 0 aromatic heterocycles. The summed E-state index contributed by atoms with van der Waals surface area (Å²) in [6, 6.07) is 20.8. The molecule has 2 aliphatic heterocycles. The summed E-state index contributed by atoms with van der Waals surface area (Å²) < 4.78 is 27.4. The molecule has 6 atom stereocenters. The van der Waals surface area contributed by atoms with Gasteiger partial charge in [0.1, 0.15) is 30.6 Å². The molecule has 0 spiro atoms. The van der Waals surface area contributed by atoms with E-state index >= 15 is 0 Å². The van der Waals surface area contributed by atoms with E-state index < -0.39 is 47.7 Å². The fourth-order valence-corrected chi connectivity index (χ4v) is 7.81. The van der Waals surface area contributed by atoms with Crippen molar-refractivity contribution in [3.05, 3.63) is 112 Å². The molecule has 4 N–H and O–H groups in total. The van der Waals surface area contributed by atoms with Crippen molar-refractivity contribution in [2.24, 2.45) is 0 Å². The summed E-state index contributed by atoms with van der Waals surface area (Å²) in [5.74, 6) is -0.525. The largest absolute Gasteiger partial charge is 0.495 e. The molecule has 0 saturated carbocycles. The van der Waals surface area contributed by atoms with E-state index in [1.54, 1.807) is 32.4 Å². The number of rotatable bonds is 16. The summed E-state index contributed by atoms with van der Waals surface area (Å²) in [7, 11) is 6.08. The number of epoxide rings is 1. The molecule has 328 valence electrons. The highest BCUT2D eigenvalue weighted by atomic mass is 35.5. The lowest BCUT2D eigenvalue weighted by Gasteiger charge is -2.40. The van der Waals surface area contributed by atoms with Gasteiger partial charge in [0.25, 0.3) is 0 Å². The molecule has 3 aromatic carbocycles. The van der Waals surface area contributed by atoms with Crippen LogP contribution >= 0.6 is 11.6 Å². The smallest absolute Gasteiger partial charge is 0.410 e. The van der Waals surface area contributed by atoms with Crippen LogP contribution in [0.4, 0.5) is 9.59 Å². The van der Waals surface area contributed by atoms with Gasteiger partial charge in [-0.05, 0) is 73.6 Å². The Kier molecular flexibility index (Phi) is 15.6. The molecule has 15 heteroatoms. The van der Waals surface area contributed by atoms with Crippen LogP contribution in [-0.2, 0) is 35.0 Å². The average Bonchev–Trinajstić information content (AvgIpc) is 3.76. The topological polar surface area (TPSA) is 185 Å². The third-order valence-electron chi connectivity index (χ3n) is 11.4. The highest BCUT2D eigenvalue weighted by molar-refractivity contribution is 6.32. The molecule has 61 heavy (non-hydrogen) atoms. The van der Waals surface area contributed by atoms with E-state index in [0.29, 0.717) is 36.5 Å². The van der Waals surface area contributed by atoms with E-state index in [1.807, 2.05) is 68.5 Å². The van der Waals surface area contributed by atoms with Crippen LogP contribution in [-0.4, -0.2) is 110 Å². The predicted octanol–water partition coefficient (Wildman–Crippen LogP) is 7.01. The Bertz CT molecular complexity index is 2080. The lowest BCUT2D eigenvalue weighted by atomic mass is 9.91. The number of nitrogens with one attached hydrogen (secondary N) is 2. The van der Waals surface area contributed by atoms with E-state index in [0.717, 1.165) is 38.3 Å². The number of cyclic esters (lactones) is 1. The van der Waals surface area contributed by atoms with Crippen molar-refractivity contribution >= 4 is 35.7 Å². The van der Waals surface area contributed by atoms with Crippen molar-refractivity contribution in [1.29, 1.82) is 0 Å². The van der Waals surface area contributed by atoms with Crippen molar-refractivity contribution in [1.82, 2.24) is 15.5 Å². The zero-order valence-corrected chi connectivity index (χ0v) is 36.4. The number of allylic oxidation sites excluding steroid dienone is 3. The van der Waals surface area contributed by atoms with Gasteiger partial charge >= 0.3 is 18.2 Å². The number of carbonyl (C=O) groups is 4. The van der Waals surface area contributed by atoms with E-state index in [4.69, 9.17) is 40.4 Å². The van der Waals surface area contributed by atoms with Gasteiger partial charge in [-0.2, -0.15) is 0 Å². The standard InChI is InChI=1S/C27H37ClN2O7.C19H19NO4/c1-17(13-18-9-10-20(28)21(14-18)34-4)7-6-8-22(35-5)27(33)16-19(36-25(32)30-27)15-23-26(2,37-23)12-11-24(31)29-3;1-12(18(21)22)20(2)19(23)24-11-17-15-9-5-3-7-13(15)14-8-4-6-10-16(14)17/h6-10,14,19,22-23,33H,11-13,15-16H2,1-5H3,(H,29,31)(H,30,32);3-10,12,17H,11H2,1-2H3,(H,21,22)/b8-6+,17-7+;/t19?,22-,23+,26?,27+;12-/m11/s1. The Morgan fingerprint density at radius 1 is 1.08 bits per heavy atom. The van der Waals surface area contributed by atoms with Crippen LogP contribution in [0.25, 0.3) is 11.1 Å². The summed E-state index contributed by atoms with van der Waals surface area (Å²) >= 11 is 6.10. The van der Waals surface area contributed by atoms with Gasteiger partial charge in [0.15, 0.2) is 5.72 Å². The Balaban J connectivity index is 0.000000252. The minimum absolute atomic E-state index is 0.0325. The molecule has 2 saturated heterocycles. The SMILES string of the molecule is CNC(=O)CCC1(C)O[C@H]1CC1C[C@](O)([C@@H](/C=C/C=C(\C)Cc2ccc(Cl)c(OC)c2)OC)NC(=O)O1.C[C@H](C(=O)O)N(C)C(=O)OCC1c2ccccc2-c2ccccc21. The number of hydrogen-bond donors (Lipinski definition) is 4. The number of carbonyl (C=O) groups excluding carboxylic acids is 3. The maximum Gasteiger partial charge on any atom is 0.410 e. The number of halogens is 1. The average molecular weight is 862 g/mol. The number of carboxylic acid groups (broad SMARTS) is 1. The monoisotopic (exact) mass is 861 g/mol. The second kappa shape index (κ2) is 20.4.